The van der Waals surface area contributed by atoms with Crippen LogP contribution in [0.25, 0.3) is 0 Å². The van der Waals surface area contributed by atoms with Gasteiger partial charge in [0.15, 0.2) is 0 Å². The van der Waals surface area contributed by atoms with Crippen molar-refractivity contribution in [1.29, 1.82) is 0 Å². The second-order valence-electron chi connectivity index (χ2n) is 6.26. The van der Waals surface area contributed by atoms with Gasteiger partial charge in [-0.25, -0.2) is 0 Å². The van der Waals surface area contributed by atoms with Gasteiger partial charge in [0.2, 0.25) is 0 Å². The Hall–Kier alpha value is -0.0400. The summed E-state index contributed by atoms with van der Waals surface area (Å²) in [6.45, 7) is 16.3. The molecule has 0 saturated carbocycles. The van der Waals surface area contributed by atoms with Gasteiger partial charge in [0.05, 0.1) is 0 Å². The van der Waals surface area contributed by atoms with Crippen LogP contribution in [-0.2, 0) is 0 Å². The van der Waals surface area contributed by atoms with Gasteiger partial charge in [-0.1, -0.05) is 41.5 Å². The highest BCUT2D eigenvalue weighted by Crippen LogP contribution is 2.26. The fraction of sp³-hybridized carbons (Fsp3) is 1.00. The summed E-state index contributed by atoms with van der Waals surface area (Å²) in [4.78, 5) is 0. The third-order valence-corrected chi connectivity index (χ3v) is 3.21. The Balaban J connectivity index is 3.64. The Morgan fingerprint density at radius 3 is 2.13 bits per heavy atom. The highest BCUT2D eigenvalue weighted by molar-refractivity contribution is 4.69. The maximum Gasteiger partial charge on any atom is -0.00206 e. The van der Waals surface area contributed by atoms with E-state index < -0.39 is 0 Å². The predicted octanol–water partition coefficient (Wildman–Crippen LogP) is 4.08. The van der Waals surface area contributed by atoms with Gasteiger partial charge in [-0.3, -0.25) is 0 Å². The van der Waals surface area contributed by atoms with Gasteiger partial charge >= 0.3 is 0 Å². The quantitative estimate of drug-likeness (QED) is 0.628. The van der Waals surface area contributed by atoms with Crippen molar-refractivity contribution in [3.8, 4) is 0 Å². The molecule has 0 radical (unpaired) electrons. The predicted molar refractivity (Wildman–Crippen MR) is 70.2 cm³/mol. The minimum Gasteiger partial charge on any atom is -0.316 e. The standard InChI is InChI=1S/C14H31N/c1-7-10-15-11-13(3)12(2)8-9-14(4,5)6/h12-13,15H,7-11H2,1-6H3. The van der Waals surface area contributed by atoms with Gasteiger partial charge in [-0.05, 0) is 49.6 Å². The van der Waals surface area contributed by atoms with E-state index in [1.165, 1.54) is 25.8 Å². The Kier molecular flexibility index (Phi) is 7.25. The fourth-order valence-electron chi connectivity index (χ4n) is 1.65. The lowest BCUT2D eigenvalue weighted by Crippen LogP contribution is -2.26. The third-order valence-electron chi connectivity index (χ3n) is 3.21. The monoisotopic (exact) mass is 213 g/mol. The molecule has 0 spiro atoms. The molecule has 0 bridgehead atoms. The molecule has 1 nitrogen and oxygen atoms in total. The fourth-order valence-corrected chi connectivity index (χ4v) is 1.65. The van der Waals surface area contributed by atoms with Crippen LogP contribution in [0.4, 0.5) is 0 Å². The van der Waals surface area contributed by atoms with Crippen molar-refractivity contribution in [3.05, 3.63) is 0 Å². The molecule has 0 aliphatic carbocycles. The SMILES string of the molecule is CCCNCC(C)C(C)CCC(C)(C)C. The lowest BCUT2D eigenvalue weighted by atomic mass is 9.83. The van der Waals surface area contributed by atoms with E-state index in [-0.39, 0.29) is 0 Å². The lowest BCUT2D eigenvalue weighted by Gasteiger charge is -2.25. The molecular formula is C14H31N. The zero-order valence-corrected chi connectivity index (χ0v) is 11.7. The van der Waals surface area contributed by atoms with E-state index in [1.807, 2.05) is 0 Å². The molecule has 0 amide bonds. The van der Waals surface area contributed by atoms with E-state index in [9.17, 15) is 0 Å². The molecule has 0 aromatic rings. The summed E-state index contributed by atoms with van der Waals surface area (Å²) in [5.41, 5.74) is 0.491. The Morgan fingerprint density at radius 1 is 1.07 bits per heavy atom. The highest BCUT2D eigenvalue weighted by Gasteiger charge is 2.16. The summed E-state index contributed by atoms with van der Waals surface area (Å²) < 4.78 is 0. The van der Waals surface area contributed by atoms with Crippen LogP contribution >= 0.6 is 0 Å². The van der Waals surface area contributed by atoms with E-state index in [1.54, 1.807) is 0 Å². The van der Waals surface area contributed by atoms with E-state index in [0.717, 1.165) is 18.4 Å². The normalized spacial score (nSPS) is 16.4. The van der Waals surface area contributed by atoms with Gasteiger partial charge in [0.25, 0.3) is 0 Å². The van der Waals surface area contributed by atoms with Gasteiger partial charge in [-0.15, -0.1) is 0 Å². The third kappa shape index (κ3) is 8.92. The molecule has 0 heterocycles. The van der Waals surface area contributed by atoms with Crippen LogP contribution in [0.2, 0.25) is 0 Å². The molecular weight excluding hydrogens is 182 g/mol. The number of rotatable bonds is 7. The van der Waals surface area contributed by atoms with Gasteiger partial charge in [0, 0.05) is 0 Å². The second kappa shape index (κ2) is 7.27. The largest absolute Gasteiger partial charge is 0.316 e. The van der Waals surface area contributed by atoms with Crippen molar-refractivity contribution in [3.63, 3.8) is 0 Å². The molecule has 0 aliphatic rings. The topological polar surface area (TPSA) is 12.0 Å². The summed E-state index contributed by atoms with van der Waals surface area (Å²) in [5, 5.41) is 3.51. The minimum absolute atomic E-state index is 0.491. The zero-order chi connectivity index (χ0) is 11.9. The van der Waals surface area contributed by atoms with E-state index >= 15 is 0 Å². The number of nitrogens with one attached hydrogen (secondary N) is 1. The average Bonchev–Trinajstić information content (AvgIpc) is 2.13. The average molecular weight is 213 g/mol. The minimum atomic E-state index is 0.491. The molecule has 0 rings (SSSR count). The number of hydrogen-bond acceptors (Lipinski definition) is 1. The van der Waals surface area contributed by atoms with Gasteiger partial charge in [0.1, 0.15) is 0 Å². The van der Waals surface area contributed by atoms with Crippen LogP contribution in [0.1, 0.15) is 60.8 Å². The molecule has 92 valence electrons. The number of hydrogen-bond donors (Lipinski definition) is 1. The first-order valence-electron chi connectivity index (χ1n) is 6.57. The van der Waals surface area contributed by atoms with E-state index in [2.05, 4.69) is 46.9 Å². The van der Waals surface area contributed by atoms with Gasteiger partial charge < -0.3 is 5.32 Å². The maximum atomic E-state index is 3.51. The van der Waals surface area contributed by atoms with Crippen molar-refractivity contribution in [2.75, 3.05) is 13.1 Å². The summed E-state index contributed by atoms with van der Waals surface area (Å²) in [7, 11) is 0. The van der Waals surface area contributed by atoms with Crippen LogP contribution in [0.15, 0.2) is 0 Å². The molecule has 0 aromatic heterocycles. The van der Waals surface area contributed by atoms with Crippen LogP contribution in [-0.4, -0.2) is 13.1 Å². The van der Waals surface area contributed by atoms with Crippen molar-refractivity contribution >= 4 is 0 Å². The molecule has 0 fully saturated rings. The Bertz CT molecular complexity index is 146. The van der Waals surface area contributed by atoms with Crippen molar-refractivity contribution in [2.24, 2.45) is 17.3 Å². The summed E-state index contributed by atoms with van der Waals surface area (Å²) in [5.74, 6) is 1.65. The summed E-state index contributed by atoms with van der Waals surface area (Å²) in [6, 6.07) is 0. The van der Waals surface area contributed by atoms with Crippen LogP contribution in [0, 0.1) is 17.3 Å². The molecule has 0 aromatic carbocycles. The van der Waals surface area contributed by atoms with Crippen LogP contribution in [0.3, 0.4) is 0 Å². The molecule has 1 N–H and O–H groups in total. The summed E-state index contributed by atoms with van der Waals surface area (Å²) >= 11 is 0. The molecule has 2 atom stereocenters. The lowest BCUT2D eigenvalue weighted by molar-refractivity contribution is 0.279. The molecule has 0 aliphatic heterocycles. The molecule has 2 unspecified atom stereocenters. The van der Waals surface area contributed by atoms with Gasteiger partial charge in [-0.2, -0.15) is 0 Å². The highest BCUT2D eigenvalue weighted by atomic mass is 14.8. The smallest absolute Gasteiger partial charge is 0.00206 e. The molecule has 15 heavy (non-hydrogen) atoms. The first-order chi connectivity index (χ1) is 6.87. The Morgan fingerprint density at radius 2 is 1.67 bits per heavy atom. The van der Waals surface area contributed by atoms with Crippen LogP contribution in [0.5, 0.6) is 0 Å². The first-order valence-corrected chi connectivity index (χ1v) is 6.57. The van der Waals surface area contributed by atoms with E-state index in [0.29, 0.717) is 5.41 Å². The van der Waals surface area contributed by atoms with Crippen LogP contribution < -0.4 is 5.32 Å². The maximum absolute atomic E-state index is 3.51. The van der Waals surface area contributed by atoms with E-state index in [4.69, 9.17) is 0 Å². The van der Waals surface area contributed by atoms with Crippen molar-refractivity contribution in [2.45, 2.75) is 60.8 Å². The second-order valence-corrected chi connectivity index (χ2v) is 6.26. The Labute approximate surface area is 97.0 Å². The zero-order valence-electron chi connectivity index (χ0n) is 11.7. The molecule has 1 heteroatoms. The first kappa shape index (κ1) is 15.0. The van der Waals surface area contributed by atoms with Crippen molar-refractivity contribution in [1.82, 2.24) is 5.32 Å². The van der Waals surface area contributed by atoms with Crippen molar-refractivity contribution < 1.29 is 0 Å². The summed E-state index contributed by atoms with van der Waals surface area (Å²) in [6.07, 6.45) is 3.94. The molecule has 0 saturated heterocycles.